The smallest absolute Gasteiger partial charge is 0.240 e. The quantitative estimate of drug-likeness (QED) is 0.860. The molecule has 0 aliphatic carbocycles. The second-order valence-electron chi connectivity index (χ2n) is 6.19. The van der Waals surface area contributed by atoms with Crippen molar-refractivity contribution in [1.29, 1.82) is 0 Å². The summed E-state index contributed by atoms with van der Waals surface area (Å²) in [5, 5.41) is 2.94. The second kappa shape index (κ2) is 5.57. The van der Waals surface area contributed by atoms with Crippen LogP contribution in [0.3, 0.4) is 0 Å². The molecule has 4 nitrogen and oxygen atoms in total. The maximum absolute atomic E-state index is 11.8. The maximum atomic E-state index is 11.8. The predicted molar refractivity (Wildman–Crippen MR) is 74.1 cm³/mol. The first-order valence-electron chi connectivity index (χ1n) is 6.41. The second-order valence-corrected chi connectivity index (χ2v) is 6.19. The van der Waals surface area contributed by atoms with E-state index in [-0.39, 0.29) is 17.5 Å². The predicted octanol–water partition coefficient (Wildman–Crippen LogP) is 2.06. The van der Waals surface area contributed by atoms with Gasteiger partial charge >= 0.3 is 0 Å². The molecule has 4 heteroatoms. The van der Waals surface area contributed by atoms with Crippen LogP contribution < -0.4 is 11.1 Å². The zero-order chi connectivity index (χ0) is 13.9. The van der Waals surface area contributed by atoms with Crippen LogP contribution in [0, 0.1) is 5.92 Å². The molecule has 0 saturated heterocycles. The SMILES string of the molecule is CC(C)C(N)c1ccn(CC(=O)NC(C)(C)C)c1. The molecule has 0 aliphatic rings. The van der Waals surface area contributed by atoms with Crippen LogP contribution in [0.2, 0.25) is 0 Å². The van der Waals surface area contributed by atoms with Crippen molar-refractivity contribution < 1.29 is 4.79 Å². The van der Waals surface area contributed by atoms with Crippen LogP contribution in [-0.4, -0.2) is 16.0 Å². The number of nitrogens with one attached hydrogen (secondary N) is 1. The molecule has 0 aromatic carbocycles. The van der Waals surface area contributed by atoms with Crippen molar-refractivity contribution in [2.24, 2.45) is 11.7 Å². The summed E-state index contributed by atoms with van der Waals surface area (Å²) in [5.74, 6) is 0.409. The zero-order valence-corrected chi connectivity index (χ0v) is 12.0. The molecule has 0 radical (unpaired) electrons. The van der Waals surface area contributed by atoms with Gasteiger partial charge in [-0.15, -0.1) is 0 Å². The Hall–Kier alpha value is -1.29. The van der Waals surface area contributed by atoms with Crippen LogP contribution in [0.5, 0.6) is 0 Å². The molecular formula is C14H25N3O. The van der Waals surface area contributed by atoms with Gasteiger partial charge in [0.25, 0.3) is 0 Å². The van der Waals surface area contributed by atoms with E-state index in [1.165, 1.54) is 0 Å². The van der Waals surface area contributed by atoms with E-state index in [4.69, 9.17) is 5.73 Å². The van der Waals surface area contributed by atoms with E-state index in [1.54, 1.807) is 0 Å². The third kappa shape index (κ3) is 4.53. The van der Waals surface area contributed by atoms with Crippen LogP contribution in [-0.2, 0) is 11.3 Å². The molecule has 102 valence electrons. The minimum Gasteiger partial charge on any atom is -0.350 e. The van der Waals surface area contributed by atoms with Gasteiger partial charge in [-0.2, -0.15) is 0 Å². The molecule has 1 heterocycles. The molecule has 1 unspecified atom stereocenters. The van der Waals surface area contributed by atoms with E-state index in [1.807, 2.05) is 43.8 Å². The first-order valence-corrected chi connectivity index (χ1v) is 6.41. The number of carbonyl (C=O) groups excluding carboxylic acids is 1. The van der Waals surface area contributed by atoms with E-state index in [2.05, 4.69) is 19.2 Å². The summed E-state index contributed by atoms with van der Waals surface area (Å²) in [4.78, 5) is 11.8. The summed E-state index contributed by atoms with van der Waals surface area (Å²) >= 11 is 0. The van der Waals surface area contributed by atoms with Gasteiger partial charge in [-0.3, -0.25) is 4.79 Å². The van der Waals surface area contributed by atoms with Crippen molar-refractivity contribution in [2.45, 2.75) is 52.7 Å². The fourth-order valence-corrected chi connectivity index (χ4v) is 1.76. The van der Waals surface area contributed by atoms with Crippen LogP contribution in [0.1, 0.15) is 46.2 Å². The summed E-state index contributed by atoms with van der Waals surface area (Å²) in [5.41, 5.74) is 6.95. The van der Waals surface area contributed by atoms with Gasteiger partial charge in [-0.25, -0.2) is 0 Å². The molecular weight excluding hydrogens is 226 g/mol. The monoisotopic (exact) mass is 251 g/mol. The maximum Gasteiger partial charge on any atom is 0.240 e. The highest BCUT2D eigenvalue weighted by molar-refractivity contribution is 5.76. The highest BCUT2D eigenvalue weighted by Gasteiger charge is 2.15. The van der Waals surface area contributed by atoms with Gasteiger partial charge in [-0.05, 0) is 38.3 Å². The number of amides is 1. The lowest BCUT2D eigenvalue weighted by Gasteiger charge is -2.20. The van der Waals surface area contributed by atoms with E-state index in [0.29, 0.717) is 12.5 Å². The Morgan fingerprint density at radius 2 is 2.06 bits per heavy atom. The summed E-state index contributed by atoms with van der Waals surface area (Å²) in [6, 6.07) is 2.01. The van der Waals surface area contributed by atoms with Crippen LogP contribution in [0.15, 0.2) is 18.5 Å². The van der Waals surface area contributed by atoms with Crippen molar-refractivity contribution in [3.63, 3.8) is 0 Å². The third-order valence-electron chi connectivity index (χ3n) is 2.72. The van der Waals surface area contributed by atoms with Crippen molar-refractivity contribution in [1.82, 2.24) is 9.88 Å². The van der Waals surface area contributed by atoms with Gasteiger partial charge in [0.2, 0.25) is 5.91 Å². The van der Waals surface area contributed by atoms with Crippen molar-refractivity contribution >= 4 is 5.91 Å². The molecule has 3 N–H and O–H groups in total. The fraction of sp³-hybridized carbons (Fsp3) is 0.643. The molecule has 0 spiro atoms. The van der Waals surface area contributed by atoms with E-state index < -0.39 is 0 Å². The molecule has 0 saturated carbocycles. The summed E-state index contributed by atoms with van der Waals surface area (Å²) in [6.45, 7) is 10.4. The minimum absolute atomic E-state index is 0.0165. The van der Waals surface area contributed by atoms with Gasteiger partial charge in [0.05, 0.1) is 0 Å². The number of aromatic nitrogens is 1. The zero-order valence-electron chi connectivity index (χ0n) is 12.0. The number of carbonyl (C=O) groups is 1. The lowest BCUT2D eigenvalue weighted by atomic mass is 10.00. The van der Waals surface area contributed by atoms with Crippen LogP contribution in [0.25, 0.3) is 0 Å². The van der Waals surface area contributed by atoms with E-state index >= 15 is 0 Å². The summed E-state index contributed by atoms with van der Waals surface area (Å²) in [7, 11) is 0. The normalized spacial score (nSPS) is 13.7. The number of nitrogens with two attached hydrogens (primary N) is 1. The Morgan fingerprint density at radius 1 is 1.44 bits per heavy atom. The van der Waals surface area contributed by atoms with E-state index in [0.717, 1.165) is 5.56 Å². The van der Waals surface area contributed by atoms with Crippen molar-refractivity contribution in [2.75, 3.05) is 0 Å². The van der Waals surface area contributed by atoms with Crippen LogP contribution >= 0.6 is 0 Å². The first-order chi connectivity index (χ1) is 8.19. The average Bonchev–Trinajstić information content (AvgIpc) is 2.61. The number of rotatable bonds is 4. The molecule has 18 heavy (non-hydrogen) atoms. The lowest BCUT2D eigenvalue weighted by Crippen LogP contribution is -2.42. The lowest BCUT2D eigenvalue weighted by molar-refractivity contribution is -0.123. The van der Waals surface area contributed by atoms with Gasteiger partial charge in [-0.1, -0.05) is 13.8 Å². The first kappa shape index (κ1) is 14.8. The van der Waals surface area contributed by atoms with Gasteiger partial charge < -0.3 is 15.6 Å². The van der Waals surface area contributed by atoms with Crippen molar-refractivity contribution in [3.05, 3.63) is 24.0 Å². The Bertz CT molecular complexity index is 401. The topological polar surface area (TPSA) is 60.0 Å². The molecule has 1 rings (SSSR count). The Morgan fingerprint density at radius 3 is 2.56 bits per heavy atom. The van der Waals surface area contributed by atoms with E-state index in [9.17, 15) is 4.79 Å². The highest BCUT2D eigenvalue weighted by Crippen LogP contribution is 2.18. The standard InChI is InChI=1S/C14H25N3O/c1-10(2)13(15)11-6-7-17(8-11)9-12(18)16-14(3,4)5/h6-8,10,13H,9,15H2,1-5H3,(H,16,18). The van der Waals surface area contributed by atoms with Crippen LogP contribution in [0.4, 0.5) is 0 Å². The molecule has 0 fully saturated rings. The van der Waals surface area contributed by atoms with Crippen molar-refractivity contribution in [3.8, 4) is 0 Å². The molecule has 1 atom stereocenters. The molecule has 1 aromatic rings. The molecule has 1 amide bonds. The summed E-state index contributed by atoms with van der Waals surface area (Å²) < 4.78 is 1.87. The largest absolute Gasteiger partial charge is 0.350 e. The Labute approximate surface area is 110 Å². The number of hydrogen-bond acceptors (Lipinski definition) is 2. The van der Waals surface area contributed by atoms with Gasteiger partial charge in [0.15, 0.2) is 0 Å². The summed E-state index contributed by atoms with van der Waals surface area (Å²) in [6.07, 6.45) is 3.85. The minimum atomic E-state index is -0.193. The third-order valence-corrected chi connectivity index (χ3v) is 2.72. The Balaban J connectivity index is 2.62. The number of hydrogen-bond donors (Lipinski definition) is 2. The number of nitrogens with zero attached hydrogens (tertiary/aromatic N) is 1. The van der Waals surface area contributed by atoms with Gasteiger partial charge in [0.1, 0.15) is 6.54 Å². The average molecular weight is 251 g/mol. The molecule has 0 bridgehead atoms. The molecule has 1 aromatic heterocycles. The Kier molecular flexibility index (Phi) is 4.57. The highest BCUT2D eigenvalue weighted by atomic mass is 16.2. The molecule has 0 aliphatic heterocycles. The van der Waals surface area contributed by atoms with Gasteiger partial charge in [0, 0.05) is 24.0 Å². The fourth-order valence-electron chi connectivity index (χ4n) is 1.76.